The van der Waals surface area contributed by atoms with Crippen LogP contribution in [0, 0.1) is 16.7 Å². The molecule has 0 fully saturated rings. The van der Waals surface area contributed by atoms with Crippen molar-refractivity contribution in [2.45, 2.75) is 94.0 Å². The van der Waals surface area contributed by atoms with Gasteiger partial charge in [-0.1, -0.05) is 54.9 Å². The van der Waals surface area contributed by atoms with Crippen LogP contribution in [0.1, 0.15) is 88.5 Å². The minimum atomic E-state index is 0.126. The number of carbonyl (C=O) groups excluding carboxylic acids is 1. The molecule has 0 aliphatic rings. The standard InChI is InChI=1S/C21H44N2O/c1-11-17(21(9,10)16-22-20(6,7)8)15-23(18(24)12-2)14-13-19(3,4)5/h17,22H,11-16H2,1-10H3. The van der Waals surface area contributed by atoms with Crippen LogP contribution in [0.25, 0.3) is 0 Å². The third kappa shape index (κ3) is 9.66. The lowest BCUT2D eigenvalue weighted by atomic mass is 9.76. The first-order valence-electron chi connectivity index (χ1n) is 9.74. The Morgan fingerprint density at radius 2 is 1.54 bits per heavy atom. The summed E-state index contributed by atoms with van der Waals surface area (Å²) in [5, 5.41) is 3.65. The highest BCUT2D eigenvalue weighted by atomic mass is 16.2. The average Bonchev–Trinajstić information content (AvgIpc) is 2.42. The number of amides is 1. The van der Waals surface area contributed by atoms with Crippen molar-refractivity contribution >= 4 is 5.91 Å². The summed E-state index contributed by atoms with van der Waals surface area (Å²) in [4.78, 5) is 14.5. The third-order valence-corrected chi connectivity index (χ3v) is 4.90. The van der Waals surface area contributed by atoms with Gasteiger partial charge in [0, 0.05) is 31.6 Å². The van der Waals surface area contributed by atoms with Crippen molar-refractivity contribution < 1.29 is 4.79 Å². The molecular weight excluding hydrogens is 296 g/mol. The van der Waals surface area contributed by atoms with Crippen molar-refractivity contribution in [3.05, 3.63) is 0 Å². The minimum absolute atomic E-state index is 0.126. The Morgan fingerprint density at radius 1 is 1.00 bits per heavy atom. The number of hydrogen-bond donors (Lipinski definition) is 1. The van der Waals surface area contributed by atoms with Gasteiger partial charge in [-0.3, -0.25) is 4.79 Å². The van der Waals surface area contributed by atoms with E-state index >= 15 is 0 Å². The molecule has 1 atom stereocenters. The maximum atomic E-state index is 12.4. The molecule has 144 valence electrons. The van der Waals surface area contributed by atoms with Gasteiger partial charge in [0.15, 0.2) is 0 Å². The Morgan fingerprint density at radius 3 is 1.92 bits per heavy atom. The van der Waals surface area contributed by atoms with Crippen LogP contribution in [0.5, 0.6) is 0 Å². The summed E-state index contributed by atoms with van der Waals surface area (Å²) >= 11 is 0. The van der Waals surface area contributed by atoms with Gasteiger partial charge in [-0.25, -0.2) is 0 Å². The number of rotatable bonds is 9. The number of nitrogens with zero attached hydrogens (tertiary/aromatic N) is 1. The topological polar surface area (TPSA) is 32.3 Å². The van der Waals surface area contributed by atoms with Gasteiger partial charge in [-0.05, 0) is 43.9 Å². The Bertz CT molecular complexity index is 374. The van der Waals surface area contributed by atoms with E-state index in [9.17, 15) is 4.79 Å². The van der Waals surface area contributed by atoms with E-state index in [4.69, 9.17) is 0 Å². The quantitative estimate of drug-likeness (QED) is 0.633. The second-order valence-corrected chi connectivity index (χ2v) is 10.2. The molecule has 24 heavy (non-hydrogen) atoms. The van der Waals surface area contributed by atoms with Crippen LogP contribution < -0.4 is 5.32 Å². The predicted octanol–water partition coefficient (Wildman–Crippen LogP) is 5.10. The minimum Gasteiger partial charge on any atom is -0.342 e. The zero-order chi connectivity index (χ0) is 19.2. The second kappa shape index (κ2) is 9.22. The fourth-order valence-corrected chi connectivity index (χ4v) is 2.84. The molecule has 0 heterocycles. The number of carbonyl (C=O) groups is 1. The normalized spacial score (nSPS) is 14.6. The van der Waals surface area contributed by atoms with E-state index < -0.39 is 0 Å². The Labute approximate surface area is 152 Å². The summed E-state index contributed by atoms with van der Waals surface area (Å²) in [5.41, 5.74) is 0.550. The van der Waals surface area contributed by atoms with Crippen LogP contribution in [0.3, 0.4) is 0 Å². The maximum Gasteiger partial charge on any atom is 0.222 e. The Balaban J connectivity index is 5.00. The van der Waals surface area contributed by atoms with Gasteiger partial charge in [0.2, 0.25) is 5.91 Å². The molecule has 0 spiro atoms. The molecule has 0 aliphatic heterocycles. The lowest BCUT2D eigenvalue weighted by Crippen LogP contribution is -2.48. The first-order chi connectivity index (χ1) is 10.7. The van der Waals surface area contributed by atoms with Gasteiger partial charge in [0.1, 0.15) is 0 Å². The van der Waals surface area contributed by atoms with Gasteiger partial charge in [-0.2, -0.15) is 0 Å². The smallest absolute Gasteiger partial charge is 0.222 e. The molecule has 3 nitrogen and oxygen atoms in total. The molecular formula is C21H44N2O. The average molecular weight is 341 g/mol. The Kier molecular flexibility index (Phi) is 9.00. The SMILES string of the molecule is CCC(=O)N(CCC(C)(C)C)CC(CC)C(C)(C)CNC(C)(C)C. The molecule has 0 saturated heterocycles. The lowest BCUT2D eigenvalue weighted by molar-refractivity contribution is -0.132. The van der Waals surface area contributed by atoms with Crippen molar-refractivity contribution in [2.24, 2.45) is 16.7 Å². The van der Waals surface area contributed by atoms with Gasteiger partial charge in [0.25, 0.3) is 0 Å². The first kappa shape index (κ1) is 23.4. The molecule has 0 radical (unpaired) electrons. The van der Waals surface area contributed by atoms with E-state index in [1.165, 1.54) is 0 Å². The summed E-state index contributed by atoms with van der Waals surface area (Å²) in [6, 6.07) is 0. The zero-order valence-corrected chi connectivity index (χ0v) is 18.2. The summed E-state index contributed by atoms with van der Waals surface area (Å²) in [6.07, 6.45) is 2.75. The molecule has 3 heteroatoms. The number of hydrogen-bond acceptors (Lipinski definition) is 2. The highest BCUT2D eigenvalue weighted by molar-refractivity contribution is 5.75. The van der Waals surface area contributed by atoms with Crippen LogP contribution in [0.15, 0.2) is 0 Å². The molecule has 0 saturated carbocycles. The molecule has 0 aliphatic carbocycles. The molecule has 0 aromatic carbocycles. The fraction of sp³-hybridized carbons (Fsp3) is 0.952. The summed E-state index contributed by atoms with van der Waals surface area (Å²) in [5.74, 6) is 0.792. The van der Waals surface area contributed by atoms with E-state index in [2.05, 4.69) is 72.5 Å². The molecule has 0 rings (SSSR count). The summed E-state index contributed by atoms with van der Waals surface area (Å²) in [6.45, 7) is 25.0. The molecule has 0 aromatic heterocycles. The maximum absolute atomic E-state index is 12.4. The van der Waals surface area contributed by atoms with E-state index in [-0.39, 0.29) is 22.3 Å². The molecule has 0 aromatic rings. The first-order valence-corrected chi connectivity index (χ1v) is 9.74. The van der Waals surface area contributed by atoms with E-state index in [0.717, 1.165) is 32.5 Å². The van der Waals surface area contributed by atoms with Crippen molar-refractivity contribution in [1.29, 1.82) is 0 Å². The van der Waals surface area contributed by atoms with Crippen molar-refractivity contribution in [2.75, 3.05) is 19.6 Å². The van der Waals surface area contributed by atoms with Crippen molar-refractivity contribution in [3.63, 3.8) is 0 Å². The van der Waals surface area contributed by atoms with E-state index in [0.29, 0.717) is 12.3 Å². The monoisotopic (exact) mass is 340 g/mol. The van der Waals surface area contributed by atoms with E-state index in [1.807, 2.05) is 6.92 Å². The zero-order valence-electron chi connectivity index (χ0n) is 18.2. The summed E-state index contributed by atoms with van der Waals surface area (Å²) in [7, 11) is 0. The van der Waals surface area contributed by atoms with Crippen LogP contribution in [0.2, 0.25) is 0 Å². The van der Waals surface area contributed by atoms with Gasteiger partial charge in [-0.15, -0.1) is 0 Å². The van der Waals surface area contributed by atoms with Gasteiger partial charge < -0.3 is 10.2 Å². The highest BCUT2D eigenvalue weighted by Gasteiger charge is 2.32. The van der Waals surface area contributed by atoms with Crippen molar-refractivity contribution in [1.82, 2.24) is 10.2 Å². The Hall–Kier alpha value is -0.570. The fourth-order valence-electron chi connectivity index (χ4n) is 2.84. The van der Waals surface area contributed by atoms with Gasteiger partial charge >= 0.3 is 0 Å². The van der Waals surface area contributed by atoms with Gasteiger partial charge in [0.05, 0.1) is 0 Å². The second-order valence-electron chi connectivity index (χ2n) is 10.2. The van der Waals surface area contributed by atoms with Crippen molar-refractivity contribution in [3.8, 4) is 0 Å². The molecule has 1 unspecified atom stereocenters. The molecule has 1 amide bonds. The molecule has 1 N–H and O–H groups in total. The third-order valence-electron chi connectivity index (χ3n) is 4.90. The van der Waals surface area contributed by atoms with Crippen LogP contribution in [-0.4, -0.2) is 36.0 Å². The highest BCUT2D eigenvalue weighted by Crippen LogP contribution is 2.31. The summed E-state index contributed by atoms with van der Waals surface area (Å²) < 4.78 is 0. The van der Waals surface area contributed by atoms with Crippen LogP contribution >= 0.6 is 0 Å². The number of nitrogens with one attached hydrogen (secondary N) is 1. The molecule has 0 bridgehead atoms. The van der Waals surface area contributed by atoms with E-state index in [1.54, 1.807) is 0 Å². The van der Waals surface area contributed by atoms with Crippen LogP contribution in [0.4, 0.5) is 0 Å². The van der Waals surface area contributed by atoms with Crippen LogP contribution in [-0.2, 0) is 4.79 Å². The predicted molar refractivity (Wildman–Crippen MR) is 106 cm³/mol. The lowest BCUT2D eigenvalue weighted by Gasteiger charge is -2.40. The largest absolute Gasteiger partial charge is 0.342 e.